The zero-order valence-corrected chi connectivity index (χ0v) is 17.8. The molecule has 0 atom stereocenters. The van der Waals surface area contributed by atoms with Crippen LogP contribution in [0.5, 0.6) is 0 Å². The van der Waals surface area contributed by atoms with Crippen LogP contribution in [0, 0.1) is 5.82 Å². The first kappa shape index (κ1) is 21.4. The Balaban J connectivity index is 1.38. The van der Waals surface area contributed by atoms with Crippen LogP contribution in [0.1, 0.15) is 17.0 Å². The number of thioether (sulfide) groups is 2. The van der Waals surface area contributed by atoms with Gasteiger partial charge in [-0.3, -0.25) is 4.79 Å². The number of nitrogens with zero attached hydrogens (tertiary/aromatic N) is 3. The van der Waals surface area contributed by atoms with Gasteiger partial charge in [0, 0.05) is 19.3 Å². The largest absolute Gasteiger partial charge is 0.355 e. The first-order valence-corrected chi connectivity index (χ1v) is 11.4. The predicted octanol–water partition coefficient (Wildman–Crippen LogP) is 3.84. The Kier molecular flexibility index (Phi) is 8.13. The van der Waals surface area contributed by atoms with Gasteiger partial charge < -0.3 is 9.88 Å². The highest BCUT2D eigenvalue weighted by atomic mass is 32.2. The molecule has 1 heterocycles. The first-order chi connectivity index (χ1) is 14.1. The second-order valence-corrected chi connectivity index (χ2v) is 8.38. The van der Waals surface area contributed by atoms with E-state index < -0.39 is 0 Å². The van der Waals surface area contributed by atoms with E-state index in [-0.39, 0.29) is 11.7 Å². The van der Waals surface area contributed by atoms with Crippen molar-refractivity contribution in [3.05, 3.63) is 77.4 Å². The summed E-state index contributed by atoms with van der Waals surface area (Å²) >= 11 is 3.07. The lowest BCUT2D eigenvalue weighted by atomic mass is 10.1. The van der Waals surface area contributed by atoms with Gasteiger partial charge in [0.15, 0.2) is 5.16 Å². The van der Waals surface area contributed by atoms with Crippen molar-refractivity contribution in [3.8, 4) is 0 Å². The van der Waals surface area contributed by atoms with Crippen molar-refractivity contribution < 1.29 is 9.18 Å². The number of halogens is 1. The molecule has 0 spiro atoms. The number of hydrogen-bond donors (Lipinski definition) is 1. The van der Waals surface area contributed by atoms with Crippen molar-refractivity contribution in [3.63, 3.8) is 0 Å². The summed E-state index contributed by atoms with van der Waals surface area (Å²) in [4.78, 5) is 12.1. The van der Waals surface area contributed by atoms with Crippen molar-refractivity contribution in [1.29, 1.82) is 0 Å². The van der Waals surface area contributed by atoms with Crippen LogP contribution in [0.15, 0.2) is 59.8 Å². The fourth-order valence-corrected chi connectivity index (χ4v) is 4.33. The minimum atomic E-state index is -0.224. The van der Waals surface area contributed by atoms with E-state index in [9.17, 15) is 9.18 Å². The molecule has 3 rings (SSSR count). The second kappa shape index (κ2) is 11.0. The van der Waals surface area contributed by atoms with E-state index in [0.29, 0.717) is 18.1 Å². The molecule has 3 aromatic rings. The van der Waals surface area contributed by atoms with Crippen LogP contribution in [0.25, 0.3) is 0 Å². The zero-order chi connectivity index (χ0) is 20.5. The van der Waals surface area contributed by atoms with Crippen LogP contribution in [0.2, 0.25) is 0 Å². The maximum Gasteiger partial charge on any atom is 0.230 e. The van der Waals surface area contributed by atoms with Crippen LogP contribution in [-0.2, 0) is 29.8 Å². The van der Waals surface area contributed by atoms with Gasteiger partial charge in [-0.05, 0) is 29.7 Å². The summed E-state index contributed by atoms with van der Waals surface area (Å²) in [5.41, 5.74) is 2.27. The van der Waals surface area contributed by atoms with Crippen molar-refractivity contribution >= 4 is 29.4 Å². The van der Waals surface area contributed by atoms with E-state index in [0.717, 1.165) is 28.7 Å². The summed E-state index contributed by atoms with van der Waals surface area (Å²) in [5, 5.41) is 12.1. The third-order valence-corrected chi connectivity index (χ3v) is 6.27. The van der Waals surface area contributed by atoms with E-state index >= 15 is 0 Å². The highest BCUT2D eigenvalue weighted by Gasteiger charge is 2.11. The van der Waals surface area contributed by atoms with Crippen molar-refractivity contribution in [2.75, 3.05) is 12.3 Å². The number of amides is 1. The van der Waals surface area contributed by atoms with Crippen LogP contribution in [0.3, 0.4) is 0 Å². The molecule has 0 fully saturated rings. The average Bonchev–Trinajstić information content (AvgIpc) is 3.08. The Bertz CT molecular complexity index is 916. The number of aromatic nitrogens is 3. The van der Waals surface area contributed by atoms with Crippen molar-refractivity contribution in [2.45, 2.75) is 23.1 Å². The van der Waals surface area contributed by atoms with Gasteiger partial charge >= 0.3 is 0 Å². The Hall–Kier alpha value is -2.32. The molecule has 1 N–H and O–H groups in total. The number of carbonyl (C=O) groups excluding carboxylic acids is 1. The number of nitrogens with one attached hydrogen (secondary N) is 1. The van der Waals surface area contributed by atoms with Crippen molar-refractivity contribution in [2.24, 2.45) is 7.05 Å². The summed E-state index contributed by atoms with van der Waals surface area (Å²) in [6, 6.07) is 16.6. The normalized spacial score (nSPS) is 10.8. The summed E-state index contributed by atoms with van der Waals surface area (Å²) < 4.78 is 14.9. The van der Waals surface area contributed by atoms with Crippen LogP contribution in [-0.4, -0.2) is 33.0 Å². The van der Waals surface area contributed by atoms with Gasteiger partial charge in [-0.15, -0.1) is 22.0 Å². The monoisotopic (exact) mass is 430 g/mol. The predicted molar refractivity (Wildman–Crippen MR) is 116 cm³/mol. The maximum atomic E-state index is 12.9. The Labute approximate surface area is 178 Å². The highest BCUT2D eigenvalue weighted by Crippen LogP contribution is 2.20. The topological polar surface area (TPSA) is 59.8 Å². The molecular weight excluding hydrogens is 407 g/mol. The third-order valence-electron chi connectivity index (χ3n) is 4.25. The van der Waals surface area contributed by atoms with E-state index in [1.165, 1.54) is 29.5 Å². The molecule has 0 aliphatic carbocycles. The number of rotatable bonds is 10. The minimum Gasteiger partial charge on any atom is -0.355 e. The smallest absolute Gasteiger partial charge is 0.230 e. The van der Waals surface area contributed by atoms with Gasteiger partial charge in [0.1, 0.15) is 11.6 Å². The first-order valence-electron chi connectivity index (χ1n) is 9.25. The summed E-state index contributed by atoms with van der Waals surface area (Å²) in [6.07, 6.45) is 0.816. The summed E-state index contributed by atoms with van der Waals surface area (Å²) in [6.45, 7) is 0.619. The van der Waals surface area contributed by atoms with Gasteiger partial charge in [0.05, 0.1) is 11.5 Å². The van der Waals surface area contributed by atoms with Crippen molar-refractivity contribution in [1.82, 2.24) is 20.1 Å². The van der Waals surface area contributed by atoms with Crippen LogP contribution >= 0.6 is 23.5 Å². The molecule has 5 nitrogen and oxygen atoms in total. The zero-order valence-electron chi connectivity index (χ0n) is 16.2. The SMILES string of the molecule is Cn1c(CSCc2ccc(F)cc2)nnc1SCC(=O)NCCc1ccccc1. The van der Waals surface area contributed by atoms with E-state index in [1.807, 2.05) is 29.8 Å². The fraction of sp³-hybridized carbons (Fsp3) is 0.286. The Morgan fingerprint density at radius 2 is 1.79 bits per heavy atom. The van der Waals surface area contributed by atoms with Crippen LogP contribution in [0.4, 0.5) is 4.39 Å². The molecule has 0 aliphatic rings. The molecule has 29 heavy (non-hydrogen) atoms. The molecule has 8 heteroatoms. The molecule has 0 saturated heterocycles. The van der Waals surface area contributed by atoms with Gasteiger partial charge in [-0.25, -0.2) is 4.39 Å². The standard InChI is InChI=1S/C21H23FN4OS2/c1-26-19(14-28-13-17-7-9-18(22)10-8-17)24-25-21(26)29-15-20(27)23-12-11-16-5-3-2-4-6-16/h2-10H,11-15H2,1H3,(H,23,27). The highest BCUT2D eigenvalue weighted by molar-refractivity contribution is 7.99. The summed E-state index contributed by atoms with van der Waals surface area (Å²) in [5.74, 6) is 2.40. The molecule has 0 radical (unpaired) electrons. The number of benzene rings is 2. The fourth-order valence-electron chi connectivity index (χ4n) is 2.61. The lowest BCUT2D eigenvalue weighted by Gasteiger charge is -2.06. The molecule has 2 aromatic carbocycles. The van der Waals surface area contributed by atoms with E-state index in [2.05, 4.69) is 27.6 Å². The van der Waals surface area contributed by atoms with Gasteiger partial charge in [0.2, 0.25) is 5.91 Å². The average molecular weight is 431 g/mol. The molecule has 1 amide bonds. The molecule has 0 bridgehead atoms. The minimum absolute atomic E-state index is 0.0128. The third kappa shape index (κ3) is 6.90. The second-order valence-electron chi connectivity index (χ2n) is 6.45. The van der Waals surface area contributed by atoms with Gasteiger partial charge in [-0.1, -0.05) is 54.2 Å². The van der Waals surface area contributed by atoms with Crippen LogP contribution < -0.4 is 5.32 Å². The van der Waals surface area contributed by atoms with Gasteiger partial charge in [0.25, 0.3) is 0 Å². The molecule has 1 aromatic heterocycles. The lowest BCUT2D eigenvalue weighted by Crippen LogP contribution is -2.27. The van der Waals surface area contributed by atoms with Gasteiger partial charge in [-0.2, -0.15) is 0 Å². The maximum absolute atomic E-state index is 12.9. The number of hydrogen-bond acceptors (Lipinski definition) is 5. The molecule has 0 saturated carbocycles. The van der Waals surface area contributed by atoms with E-state index in [1.54, 1.807) is 23.9 Å². The number of carbonyl (C=O) groups is 1. The quantitative estimate of drug-likeness (QED) is 0.495. The van der Waals surface area contributed by atoms with E-state index in [4.69, 9.17) is 0 Å². The molecule has 152 valence electrons. The lowest BCUT2D eigenvalue weighted by molar-refractivity contribution is -0.118. The summed E-state index contributed by atoms with van der Waals surface area (Å²) in [7, 11) is 1.91. The molecular formula is C21H23FN4OS2. The molecule has 0 unspecified atom stereocenters. The Morgan fingerprint density at radius 1 is 1.03 bits per heavy atom. The Morgan fingerprint density at radius 3 is 2.55 bits per heavy atom. The molecule has 0 aliphatic heterocycles.